The second-order valence-electron chi connectivity index (χ2n) is 5.04. The van der Waals surface area contributed by atoms with Gasteiger partial charge in [0.25, 0.3) is 5.69 Å². The van der Waals surface area contributed by atoms with Gasteiger partial charge < -0.3 is 10.4 Å². The van der Waals surface area contributed by atoms with Crippen LogP contribution in [0.25, 0.3) is 0 Å². The summed E-state index contributed by atoms with van der Waals surface area (Å²) in [4.78, 5) is 10.7. The quantitative estimate of drug-likeness (QED) is 0.662. The molecule has 0 radical (unpaired) electrons. The fraction of sp³-hybridized carbons (Fsp3) is 0.200. The standard InChI is InChI=1S/C15H13ClN2O3/c16-10-2-6-15(18(20)21)14(8-10)17-13-5-1-9-7-11(19)3-4-12(9)13/h2-4,6-8,13,17,19H,1,5H2. The van der Waals surface area contributed by atoms with Gasteiger partial charge in [0, 0.05) is 11.1 Å². The van der Waals surface area contributed by atoms with Crippen LogP contribution in [0.1, 0.15) is 23.6 Å². The summed E-state index contributed by atoms with van der Waals surface area (Å²) >= 11 is 5.93. The molecule has 0 heterocycles. The van der Waals surface area contributed by atoms with Crippen LogP contribution in [0.2, 0.25) is 5.02 Å². The highest BCUT2D eigenvalue weighted by Gasteiger charge is 2.25. The zero-order valence-corrected chi connectivity index (χ0v) is 11.8. The van der Waals surface area contributed by atoms with Gasteiger partial charge in [-0.25, -0.2) is 0 Å². The Balaban J connectivity index is 1.93. The molecule has 108 valence electrons. The molecule has 1 atom stereocenters. The van der Waals surface area contributed by atoms with Gasteiger partial charge in [-0.05, 0) is 48.2 Å². The number of anilines is 1. The van der Waals surface area contributed by atoms with Gasteiger partial charge in [-0.15, -0.1) is 0 Å². The molecule has 2 aromatic rings. The molecule has 2 aromatic carbocycles. The second kappa shape index (κ2) is 5.26. The van der Waals surface area contributed by atoms with E-state index in [-0.39, 0.29) is 17.5 Å². The number of fused-ring (bicyclic) bond motifs is 1. The van der Waals surface area contributed by atoms with Crippen LogP contribution in [0.15, 0.2) is 36.4 Å². The zero-order valence-electron chi connectivity index (χ0n) is 11.0. The Morgan fingerprint density at radius 2 is 2.10 bits per heavy atom. The molecular weight excluding hydrogens is 292 g/mol. The second-order valence-corrected chi connectivity index (χ2v) is 5.47. The van der Waals surface area contributed by atoms with Gasteiger partial charge in [-0.2, -0.15) is 0 Å². The molecule has 0 spiro atoms. The highest BCUT2D eigenvalue weighted by molar-refractivity contribution is 6.31. The molecule has 6 heteroatoms. The summed E-state index contributed by atoms with van der Waals surface area (Å²) in [5.74, 6) is 0.239. The normalized spacial score (nSPS) is 16.5. The number of phenols is 1. The third-order valence-corrected chi connectivity index (χ3v) is 3.92. The van der Waals surface area contributed by atoms with Gasteiger partial charge in [0.1, 0.15) is 11.4 Å². The molecule has 3 rings (SSSR count). The minimum absolute atomic E-state index is 0.00614. The number of nitrogens with one attached hydrogen (secondary N) is 1. The first kappa shape index (κ1) is 13.7. The lowest BCUT2D eigenvalue weighted by atomic mass is 10.1. The minimum atomic E-state index is -0.425. The molecule has 0 aromatic heterocycles. The van der Waals surface area contributed by atoms with Crippen molar-refractivity contribution in [3.8, 4) is 5.75 Å². The Morgan fingerprint density at radius 1 is 1.29 bits per heavy atom. The van der Waals surface area contributed by atoms with E-state index in [2.05, 4.69) is 5.32 Å². The van der Waals surface area contributed by atoms with E-state index in [9.17, 15) is 15.2 Å². The van der Waals surface area contributed by atoms with Crippen LogP contribution in [0, 0.1) is 10.1 Å². The summed E-state index contributed by atoms with van der Waals surface area (Å²) in [5.41, 5.74) is 2.55. The number of aromatic hydroxyl groups is 1. The summed E-state index contributed by atoms with van der Waals surface area (Å²) in [5, 5.41) is 24.2. The van der Waals surface area contributed by atoms with Crippen molar-refractivity contribution in [1.29, 1.82) is 0 Å². The molecule has 1 unspecified atom stereocenters. The monoisotopic (exact) mass is 304 g/mol. The molecule has 1 aliphatic carbocycles. The molecule has 1 aliphatic rings. The van der Waals surface area contributed by atoms with Crippen molar-refractivity contribution in [1.82, 2.24) is 0 Å². The van der Waals surface area contributed by atoms with Crippen LogP contribution in [0.4, 0.5) is 11.4 Å². The van der Waals surface area contributed by atoms with E-state index >= 15 is 0 Å². The minimum Gasteiger partial charge on any atom is -0.508 e. The van der Waals surface area contributed by atoms with E-state index in [4.69, 9.17) is 11.6 Å². The molecule has 2 N–H and O–H groups in total. The summed E-state index contributed by atoms with van der Waals surface area (Å²) in [6.45, 7) is 0. The van der Waals surface area contributed by atoms with Crippen LogP contribution in [0.5, 0.6) is 5.75 Å². The molecule has 21 heavy (non-hydrogen) atoms. The zero-order chi connectivity index (χ0) is 15.0. The van der Waals surface area contributed by atoms with Gasteiger partial charge in [0.15, 0.2) is 0 Å². The van der Waals surface area contributed by atoms with Crippen LogP contribution < -0.4 is 5.32 Å². The number of halogens is 1. The molecule has 0 fully saturated rings. The van der Waals surface area contributed by atoms with Crippen LogP contribution >= 0.6 is 11.6 Å². The van der Waals surface area contributed by atoms with Crippen molar-refractivity contribution in [2.75, 3.05) is 5.32 Å². The molecule has 5 nitrogen and oxygen atoms in total. The fourth-order valence-corrected chi connectivity index (χ4v) is 2.90. The van der Waals surface area contributed by atoms with E-state index in [1.807, 2.05) is 6.07 Å². The molecule has 0 amide bonds. The maximum absolute atomic E-state index is 11.1. The lowest BCUT2D eigenvalue weighted by molar-refractivity contribution is -0.384. The molecule has 0 saturated carbocycles. The highest BCUT2D eigenvalue weighted by Crippen LogP contribution is 2.38. The number of aryl methyl sites for hydroxylation is 1. The predicted molar refractivity (Wildman–Crippen MR) is 80.9 cm³/mol. The summed E-state index contributed by atoms with van der Waals surface area (Å²) in [6.07, 6.45) is 1.65. The number of benzene rings is 2. The summed E-state index contributed by atoms with van der Waals surface area (Å²) in [6, 6.07) is 9.68. The van der Waals surface area contributed by atoms with Gasteiger partial charge in [-0.3, -0.25) is 10.1 Å². The van der Waals surface area contributed by atoms with E-state index in [0.29, 0.717) is 10.7 Å². The number of nitro groups is 1. The first-order valence-corrected chi connectivity index (χ1v) is 6.94. The number of hydrogen-bond acceptors (Lipinski definition) is 4. The first-order valence-electron chi connectivity index (χ1n) is 6.57. The van der Waals surface area contributed by atoms with Crippen molar-refractivity contribution in [2.24, 2.45) is 0 Å². The predicted octanol–water partition coefficient (Wildman–Crippen LogP) is 4.05. The highest BCUT2D eigenvalue weighted by atomic mass is 35.5. The van der Waals surface area contributed by atoms with E-state index in [0.717, 1.165) is 24.0 Å². The van der Waals surface area contributed by atoms with Crippen LogP contribution in [-0.4, -0.2) is 10.0 Å². The molecule has 0 aliphatic heterocycles. The van der Waals surface area contributed by atoms with Crippen molar-refractivity contribution in [3.63, 3.8) is 0 Å². The largest absolute Gasteiger partial charge is 0.508 e. The lowest BCUT2D eigenvalue weighted by Gasteiger charge is -2.16. The summed E-state index contributed by atoms with van der Waals surface area (Å²) in [7, 11) is 0. The molecule has 0 bridgehead atoms. The van der Waals surface area contributed by atoms with Gasteiger partial charge >= 0.3 is 0 Å². The molecular formula is C15H13ClN2O3. The maximum Gasteiger partial charge on any atom is 0.292 e. The average Bonchev–Trinajstić information content (AvgIpc) is 2.81. The van der Waals surface area contributed by atoms with Gasteiger partial charge in [-0.1, -0.05) is 17.7 Å². The molecule has 0 saturated heterocycles. The van der Waals surface area contributed by atoms with Crippen molar-refractivity contribution < 1.29 is 10.0 Å². The number of rotatable bonds is 3. The Morgan fingerprint density at radius 3 is 2.86 bits per heavy atom. The Hall–Kier alpha value is -2.27. The number of nitrogens with zero attached hydrogens (tertiary/aromatic N) is 1. The van der Waals surface area contributed by atoms with E-state index in [1.54, 1.807) is 18.2 Å². The number of phenolic OH excluding ortho intramolecular Hbond substituents is 1. The maximum atomic E-state index is 11.1. The Bertz CT molecular complexity index is 718. The fourth-order valence-electron chi connectivity index (χ4n) is 2.72. The van der Waals surface area contributed by atoms with Gasteiger partial charge in [0.05, 0.1) is 11.0 Å². The Kier molecular flexibility index (Phi) is 3.43. The van der Waals surface area contributed by atoms with Crippen LogP contribution in [-0.2, 0) is 6.42 Å². The van der Waals surface area contributed by atoms with Crippen molar-refractivity contribution in [2.45, 2.75) is 18.9 Å². The van der Waals surface area contributed by atoms with E-state index in [1.165, 1.54) is 12.1 Å². The summed E-state index contributed by atoms with van der Waals surface area (Å²) < 4.78 is 0. The van der Waals surface area contributed by atoms with E-state index < -0.39 is 4.92 Å². The van der Waals surface area contributed by atoms with Gasteiger partial charge in [0.2, 0.25) is 0 Å². The number of hydrogen-bond donors (Lipinski definition) is 2. The topological polar surface area (TPSA) is 75.4 Å². The SMILES string of the molecule is O=[N+]([O-])c1ccc(Cl)cc1NC1CCc2cc(O)ccc21. The van der Waals surface area contributed by atoms with Crippen LogP contribution in [0.3, 0.4) is 0 Å². The van der Waals surface area contributed by atoms with Crippen molar-refractivity contribution >= 4 is 23.0 Å². The van der Waals surface area contributed by atoms with Crippen molar-refractivity contribution in [3.05, 3.63) is 62.7 Å². The third kappa shape index (κ3) is 2.64. The number of nitro benzene ring substituents is 1. The Labute approximate surface area is 126 Å². The smallest absolute Gasteiger partial charge is 0.292 e. The average molecular weight is 305 g/mol. The third-order valence-electron chi connectivity index (χ3n) is 3.69. The first-order chi connectivity index (χ1) is 10.0. The lowest BCUT2D eigenvalue weighted by Crippen LogP contribution is -2.08.